The van der Waals surface area contributed by atoms with Crippen LogP contribution in [0.2, 0.25) is 0 Å². The predicted molar refractivity (Wildman–Crippen MR) is 52.2 cm³/mol. The smallest absolute Gasteiger partial charge is 0.142 e. The van der Waals surface area contributed by atoms with Crippen LogP contribution in [-0.2, 0) is 0 Å². The maximum atomic E-state index is 13.1. The Morgan fingerprint density at radius 1 is 1.36 bits per heavy atom. The Kier molecular flexibility index (Phi) is 1.31. The molecule has 2 nitrogen and oxygen atoms in total. The molecule has 0 aliphatic carbocycles. The first-order valence-electron chi connectivity index (χ1n) is 5.96. The summed E-state index contributed by atoms with van der Waals surface area (Å²) < 4.78 is 42.3. The minimum atomic E-state index is -2.40. The Hall–Kier alpha value is -1.77. The number of pyridine rings is 2. The van der Waals surface area contributed by atoms with Gasteiger partial charge in [-0.3, -0.25) is 9.97 Å². The summed E-state index contributed by atoms with van der Waals surface area (Å²) in [6.45, 7) is -2.40. The van der Waals surface area contributed by atoms with Gasteiger partial charge >= 0.3 is 0 Å². The summed E-state index contributed by atoms with van der Waals surface area (Å²) in [5.74, 6) is -0.522. The summed E-state index contributed by atoms with van der Waals surface area (Å²) in [6, 6.07) is 3.91. The Morgan fingerprint density at radius 2 is 2.29 bits per heavy atom. The van der Waals surface area contributed by atoms with E-state index in [1.54, 1.807) is 0 Å². The molecule has 0 unspecified atom stereocenters. The number of hydrogen-bond acceptors (Lipinski definition) is 2. The maximum absolute atomic E-state index is 13.1. The summed E-state index contributed by atoms with van der Waals surface area (Å²) in [7, 11) is 0. The van der Waals surface area contributed by atoms with E-state index in [0.29, 0.717) is 11.1 Å². The van der Waals surface area contributed by atoms with Crippen LogP contribution in [0.3, 0.4) is 0 Å². The zero-order chi connectivity index (χ0) is 13.3. The standard InChI is InChI=1S/C11H9FN2/c1-8-4-9(2-3-14-8)10-5-11(12)7-13-6-10/h2-7H,1H3/i1D3,3D. The summed E-state index contributed by atoms with van der Waals surface area (Å²) in [5, 5.41) is 0. The van der Waals surface area contributed by atoms with E-state index >= 15 is 0 Å². The van der Waals surface area contributed by atoms with Crippen LogP contribution in [0.4, 0.5) is 4.39 Å². The lowest BCUT2D eigenvalue weighted by molar-refractivity contribution is 0.622. The first kappa shape index (κ1) is 5.20. The first-order chi connectivity index (χ1) is 8.36. The van der Waals surface area contributed by atoms with Crippen molar-refractivity contribution in [2.45, 2.75) is 6.85 Å². The fourth-order valence-electron chi connectivity index (χ4n) is 1.13. The second-order valence-electron chi connectivity index (χ2n) is 2.76. The number of nitrogens with zero attached hydrogens (tertiary/aromatic N) is 2. The van der Waals surface area contributed by atoms with Crippen molar-refractivity contribution in [1.29, 1.82) is 0 Å². The van der Waals surface area contributed by atoms with E-state index in [0.717, 1.165) is 6.20 Å². The molecule has 2 rings (SSSR count). The van der Waals surface area contributed by atoms with Crippen molar-refractivity contribution in [3.8, 4) is 11.1 Å². The van der Waals surface area contributed by atoms with Crippen LogP contribution < -0.4 is 0 Å². The average molecular weight is 192 g/mol. The van der Waals surface area contributed by atoms with Gasteiger partial charge in [0.25, 0.3) is 0 Å². The summed E-state index contributed by atoms with van der Waals surface area (Å²) in [5.41, 5.74) is 0.638. The second kappa shape index (κ2) is 3.54. The number of hydrogen-bond donors (Lipinski definition) is 0. The van der Waals surface area contributed by atoms with Crippen LogP contribution in [0.25, 0.3) is 11.1 Å². The summed E-state index contributed by atoms with van der Waals surface area (Å²) in [4.78, 5) is 7.33. The Balaban J connectivity index is 2.55. The monoisotopic (exact) mass is 192 g/mol. The average Bonchev–Trinajstić information content (AvgIpc) is 2.27. The van der Waals surface area contributed by atoms with Gasteiger partial charge in [0, 0.05) is 27.7 Å². The molecule has 0 saturated heterocycles. The van der Waals surface area contributed by atoms with Gasteiger partial charge in [0.05, 0.1) is 7.57 Å². The fourth-order valence-corrected chi connectivity index (χ4v) is 1.13. The van der Waals surface area contributed by atoms with Crippen molar-refractivity contribution < 1.29 is 9.87 Å². The lowest BCUT2D eigenvalue weighted by atomic mass is 10.1. The van der Waals surface area contributed by atoms with Crippen molar-refractivity contribution in [3.05, 3.63) is 48.3 Å². The quantitative estimate of drug-likeness (QED) is 0.694. The van der Waals surface area contributed by atoms with E-state index in [1.165, 1.54) is 24.4 Å². The molecule has 3 heteroatoms. The predicted octanol–water partition coefficient (Wildman–Crippen LogP) is 2.59. The highest BCUT2D eigenvalue weighted by atomic mass is 19.1. The Bertz CT molecular complexity index is 583. The minimum absolute atomic E-state index is 0.178. The van der Waals surface area contributed by atoms with Gasteiger partial charge in [-0.1, -0.05) is 0 Å². The normalized spacial score (nSPS) is 15.2. The minimum Gasteiger partial charge on any atom is -0.262 e. The van der Waals surface area contributed by atoms with Crippen LogP contribution in [0.15, 0.2) is 36.8 Å². The van der Waals surface area contributed by atoms with Gasteiger partial charge in [0.1, 0.15) is 5.82 Å². The van der Waals surface area contributed by atoms with Crippen molar-refractivity contribution in [2.75, 3.05) is 0 Å². The van der Waals surface area contributed by atoms with Crippen LogP contribution in [0.1, 0.15) is 11.2 Å². The lowest BCUT2D eigenvalue weighted by Gasteiger charge is -2.01. The summed E-state index contributed by atoms with van der Waals surface area (Å²) in [6.07, 6.45) is 2.28. The molecular formula is C11H9FN2. The molecular weight excluding hydrogens is 179 g/mol. The van der Waals surface area contributed by atoms with Crippen molar-refractivity contribution in [1.82, 2.24) is 9.97 Å². The van der Waals surface area contributed by atoms with Gasteiger partial charge in [-0.2, -0.15) is 0 Å². The molecule has 0 saturated carbocycles. The van der Waals surface area contributed by atoms with E-state index in [2.05, 4.69) is 9.97 Å². The molecule has 14 heavy (non-hydrogen) atoms. The fraction of sp³-hybridized carbons (Fsp3) is 0.0909. The van der Waals surface area contributed by atoms with Crippen LogP contribution in [-0.4, -0.2) is 9.97 Å². The van der Waals surface area contributed by atoms with Gasteiger partial charge in [0.15, 0.2) is 0 Å². The van der Waals surface area contributed by atoms with E-state index in [9.17, 15) is 4.39 Å². The molecule has 2 heterocycles. The van der Waals surface area contributed by atoms with Gasteiger partial charge in [-0.15, -0.1) is 0 Å². The SMILES string of the molecule is [2H]c1cc(-c2cncc(F)c2)cc(C([2H])([2H])[2H])n1. The second-order valence-corrected chi connectivity index (χ2v) is 2.76. The lowest BCUT2D eigenvalue weighted by Crippen LogP contribution is -1.85. The summed E-state index contributed by atoms with van der Waals surface area (Å²) >= 11 is 0. The van der Waals surface area contributed by atoms with Gasteiger partial charge in [-0.05, 0) is 30.6 Å². The molecule has 0 spiro atoms. The number of aryl methyl sites for hydroxylation is 1. The molecule has 0 aromatic carbocycles. The third kappa shape index (κ3) is 1.76. The molecule has 0 aliphatic rings. The van der Waals surface area contributed by atoms with Gasteiger partial charge < -0.3 is 0 Å². The highest BCUT2D eigenvalue weighted by Gasteiger charge is 1.99. The van der Waals surface area contributed by atoms with Crippen LogP contribution >= 0.6 is 0 Å². The molecule has 0 atom stereocenters. The zero-order valence-corrected chi connectivity index (χ0v) is 7.16. The maximum Gasteiger partial charge on any atom is 0.142 e. The molecule has 2 aromatic rings. The molecule has 70 valence electrons. The molecule has 0 aliphatic heterocycles. The van der Waals surface area contributed by atoms with Crippen molar-refractivity contribution in [3.63, 3.8) is 0 Å². The van der Waals surface area contributed by atoms with Crippen molar-refractivity contribution in [2.24, 2.45) is 0 Å². The topological polar surface area (TPSA) is 25.8 Å². The Labute approximate surface area is 87.1 Å². The van der Waals surface area contributed by atoms with Crippen LogP contribution in [0.5, 0.6) is 0 Å². The molecule has 0 N–H and O–H groups in total. The third-order valence-corrected chi connectivity index (χ3v) is 1.74. The Morgan fingerprint density at radius 3 is 3.07 bits per heavy atom. The van der Waals surface area contributed by atoms with Crippen molar-refractivity contribution >= 4 is 0 Å². The van der Waals surface area contributed by atoms with E-state index in [-0.39, 0.29) is 11.9 Å². The van der Waals surface area contributed by atoms with E-state index in [4.69, 9.17) is 5.48 Å². The highest BCUT2D eigenvalue weighted by molar-refractivity contribution is 5.62. The van der Waals surface area contributed by atoms with Crippen LogP contribution in [0, 0.1) is 12.7 Å². The van der Waals surface area contributed by atoms with Gasteiger partial charge in [-0.25, -0.2) is 4.39 Å². The highest BCUT2D eigenvalue weighted by Crippen LogP contribution is 2.18. The van der Waals surface area contributed by atoms with E-state index < -0.39 is 12.7 Å². The number of halogens is 1. The number of rotatable bonds is 1. The molecule has 0 radical (unpaired) electrons. The van der Waals surface area contributed by atoms with E-state index in [1.807, 2.05) is 0 Å². The first-order valence-corrected chi connectivity index (χ1v) is 3.96. The molecule has 0 fully saturated rings. The van der Waals surface area contributed by atoms with Gasteiger partial charge in [0.2, 0.25) is 0 Å². The molecule has 0 bridgehead atoms. The third-order valence-electron chi connectivity index (χ3n) is 1.74. The number of aromatic nitrogens is 2. The molecule has 2 aromatic heterocycles. The largest absolute Gasteiger partial charge is 0.262 e. The zero-order valence-electron chi connectivity index (χ0n) is 11.2. The molecule has 0 amide bonds.